The highest BCUT2D eigenvalue weighted by atomic mass is 16.5. The van der Waals surface area contributed by atoms with Crippen LogP contribution in [0.2, 0.25) is 0 Å². The molecule has 1 N–H and O–H groups in total. The molecule has 0 amide bonds. The van der Waals surface area contributed by atoms with Gasteiger partial charge in [-0.1, -0.05) is 44.2 Å². The van der Waals surface area contributed by atoms with Crippen LogP contribution in [0.1, 0.15) is 45.4 Å². The monoisotopic (exact) mass is 395 g/mol. The minimum atomic E-state index is -0.524. The summed E-state index contributed by atoms with van der Waals surface area (Å²) >= 11 is 0. The predicted molar refractivity (Wildman–Crippen MR) is 114 cm³/mol. The van der Waals surface area contributed by atoms with Crippen molar-refractivity contribution in [1.29, 1.82) is 0 Å². The van der Waals surface area contributed by atoms with Crippen LogP contribution >= 0.6 is 0 Å². The molecule has 1 saturated carbocycles. The third-order valence-electron chi connectivity index (χ3n) is 5.46. The largest absolute Gasteiger partial charge is 0.426 e. The molecular formula is C24H29NO4. The summed E-state index contributed by atoms with van der Waals surface area (Å²) in [5.74, 6) is 0.134. The zero-order valence-corrected chi connectivity index (χ0v) is 17.0. The van der Waals surface area contributed by atoms with Gasteiger partial charge in [-0.15, -0.1) is 0 Å². The number of unbranched alkanes of at least 4 members (excludes halogenated alkanes) is 1. The fourth-order valence-corrected chi connectivity index (χ4v) is 3.78. The quantitative estimate of drug-likeness (QED) is 0.301. The Bertz CT molecular complexity index is 868. The normalized spacial score (nSPS) is 18.9. The van der Waals surface area contributed by atoms with Gasteiger partial charge in [0.25, 0.3) is 0 Å². The molecule has 0 bridgehead atoms. The Morgan fingerprint density at radius 3 is 2.24 bits per heavy atom. The molecule has 0 saturated heterocycles. The second-order valence-electron chi connectivity index (χ2n) is 7.51. The summed E-state index contributed by atoms with van der Waals surface area (Å²) in [7, 11) is 0. The van der Waals surface area contributed by atoms with Crippen molar-refractivity contribution in [2.45, 2.75) is 51.5 Å². The average molecular weight is 395 g/mol. The van der Waals surface area contributed by atoms with E-state index in [-0.39, 0.29) is 11.9 Å². The fourth-order valence-electron chi connectivity index (χ4n) is 3.78. The van der Waals surface area contributed by atoms with Gasteiger partial charge >= 0.3 is 11.9 Å². The van der Waals surface area contributed by atoms with Crippen molar-refractivity contribution in [2.24, 2.45) is 5.92 Å². The van der Waals surface area contributed by atoms with Crippen LogP contribution in [0.5, 0.6) is 11.5 Å². The summed E-state index contributed by atoms with van der Waals surface area (Å²) in [6.07, 6.45) is 7.18. The summed E-state index contributed by atoms with van der Waals surface area (Å²) in [6.45, 7) is 6.66. The number of esters is 2. The van der Waals surface area contributed by atoms with E-state index in [1.807, 2.05) is 24.3 Å². The van der Waals surface area contributed by atoms with Crippen LogP contribution in [0.3, 0.4) is 0 Å². The minimum absolute atomic E-state index is 0.0729. The number of nitrogens with one attached hydrogen (secondary N) is 1. The third-order valence-corrected chi connectivity index (χ3v) is 5.46. The molecule has 0 aromatic heterocycles. The van der Waals surface area contributed by atoms with Crippen LogP contribution in [-0.2, 0) is 9.59 Å². The van der Waals surface area contributed by atoms with Gasteiger partial charge in [0.15, 0.2) is 0 Å². The summed E-state index contributed by atoms with van der Waals surface area (Å²) in [6, 6.07) is 11.3. The fraction of sp³-hybridized carbons (Fsp3) is 0.417. The maximum Gasteiger partial charge on any atom is 0.335 e. The van der Waals surface area contributed by atoms with E-state index in [0.717, 1.165) is 49.1 Å². The van der Waals surface area contributed by atoms with Gasteiger partial charge in [-0.3, -0.25) is 4.79 Å². The Morgan fingerprint density at radius 1 is 1.03 bits per heavy atom. The van der Waals surface area contributed by atoms with E-state index in [9.17, 15) is 9.59 Å². The molecule has 1 aliphatic rings. The summed E-state index contributed by atoms with van der Waals surface area (Å²) in [5, 5.41) is 5.04. The lowest BCUT2D eigenvalue weighted by molar-refractivity contribution is -0.140. The van der Waals surface area contributed by atoms with E-state index >= 15 is 0 Å². The summed E-state index contributed by atoms with van der Waals surface area (Å²) in [5.41, 5.74) is 0. The molecule has 2 aromatic carbocycles. The number of hydrogen-bond donors (Lipinski definition) is 1. The van der Waals surface area contributed by atoms with E-state index < -0.39 is 5.97 Å². The Morgan fingerprint density at radius 2 is 1.66 bits per heavy atom. The van der Waals surface area contributed by atoms with E-state index in [2.05, 4.69) is 18.8 Å². The van der Waals surface area contributed by atoms with Gasteiger partial charge in [-0.25, -0.2) is 4.79 Å². The first-order chi connectivity index (χ1) is 14.1. The standard InChI is InChI=1S/C24H29NO4/c1-3-5-16-25-18-12-10-17(11-13-18)24(27)29-22-15-14-21(28-23(26)4-2)19-8-6-7-9-20(19)22/h4,6-9,14-15,17-18,25H,2-3,5,10-13,16H2,1H3. The molecule has 1 fully saturated rings. The Labute approximate surface area is 172 Å². The zero-order chi connectivity index (χ0) is 20.6. The highest BCUT2D eigenvalue weighted by molar-refractivity contribution is 5.97. The van der Waals surface area contributed by atoms with Crippen molar-refractivity contribution < 1.29 is 19.1 Å². The average Bonchev–Trinajstić information content (AvgIpc) is 2.76. The first-order valence-electron chi connectivity index (χ1n) is 10.4. The summed E-state index contributed by atoms with van der Waals surface area (Å²) < 4.78 is 11.1. The van der Waals surface area contributed by atoms with Crippen LogP contribution in [0.4, 0.5) is 0 Å². The van der Waals surface area contributed by atoms with Crippen LogP contribution < -0.4 is 14.8 Å². The van der Waals surface area contributed by atoms with E-state index in [1.54, 1.807) is 12.1 Å². The van der Waals surface area contributed by atoms with Crippen molar-refractivity contribution in [3.63, 3.8) is 0 Å². The molecule has 1 aliphatic carbocycles. The number of rotatable bonds is 8. The molecule has 29 heavy (non-hydrogen) atoms. The first-order valence-corrected chi connectivity index (χ1v) is 10.4. The van der Waals surface area contributed by atoms with Gasteiger partial charge in [0.05, 0.1) is 5.92 Å². The maximum atomic E-state index is 12.7. The van der Waals surface area contributed by atoms with E-state index in [4.69, 9.17) is 9.47 Å². The number of ether oxygens (including phenoxy) is 2. The molecule has 2 aromatic rings. The number of hydrogen-bond acceptors (Lipinski definition) is 5. The van der Waals surface area contributed by atoms with Crippen molar-refractivity contribution in [3.05, 3.63) is 49.1 Å². The number of benzene rings is 2. The molecule has 0 radical (unpaired) electrons. The number of carbonyl (C=O) groups excluding carboxylic acids is 2. The minimum Gasteiger partial charge on any atom is -0.426 e. The highest BCUT2D eigenvalue weighted by Gasteiger charge is 2.28. The lowest BCUT2D eigenvalue weighted by Crippen LogP contribution is -2.36. The van der Waals surface area contributed by atoms with Crippen LogP contribution in [0.25, 0.3) is 10.8 Å². The van der Waals surface area contributed by atoms with Crippen LogP contribution in [-0.4, -0.2) is 24.5 Å². The number of fused-ring (bicyclic) bond motifs is 1. The molecule has 154 valence electrons. The molecule has 5 heteroatoms. The lowest BCUT2D eigenvalue weighted by atomic mass is 9.86. The van der Waals surface area contributed by atoms with Crippen molar-refractivity contribution in [2.75, 3.05) is 6.54 Å². The van der Waals surface area contributed by atoms with E-state index in [1.165, 1.54) is 12.8 Å². The van der Waals surface area contributed by atoms with Gasteiger partial charge in [0, 0.05) is 22.9 Å². The third kappa shape index (κ3) is 5.45. The Kier molecular flexibility index (Phi) is 7.42. The molecule has 0 aliphatic heterocycles. The first kappa shape index (κ1) is 21.1. The Balaban J connectivity index is 1.66. The van der Waals surface area contributed by atoms with Gasteiger partial charge in [0.1, 0.15) is 11.5 Å². The molecule has 0 spiro atoms. The van der Waals surface area contributed by atoms with Gasteiger partial charge in [-0.05, 0) is 50.8 Å². The van der Waals surface area contributed by atoms with Crippen molar-refractivity contribution in [3.8, 4) is 11.5 Å². The number of carbonyl (C=O) groups is 2. The molecule has 0 heterocycles. The maximum absolute atomic E-state index is 12.7. The molecule has 0 unspecified atom stereocenters. The molecule has 3 rings (SSSR count). The predicted octanol–water partition coefficient (Wildman–Crippen LogP) is 4.79. The van der Waals surface area contributed by atoms with Crippen LogP contribution in [0, 0.1) is 5.92 Å². The Hall–Kier alpha value is -2.66. The zero-order valence-electron chi connectivity index (χ0n) is 17.0. The molecule has 5 nitrogen and oxygen atoms in total. The van der Waals surface area contributed by atoms with Crippen molar-refractivity contribution in [1.82, 2.24) is 5.32 Å². The topological polar surface area (TPSA) is 64.6 Å². The SMILES string of the molecule is C=CC(=O)Oc1ccc(OC(=O)C2CCC(NCCCC)CC2)c2ccccc12. The van der Waals surface area contributed by atoms with Gasteiger partial charge in [0.2, 0.25) is 0 Å². The van der Waals surface area contributed by atoms with Crippen molar-refractivity contribution >= 4 is 22.7 Å². The van der Waals surface area contributed by atoms with Gasteiger partial charge in [-0.2, -0.15) is 0 Å². The second kappa shape index (κ2) is 10.2. The smallest absolute Gasteiger partial charge is 0.335 e. The second-order valence-corrected chi connectivity index (χ2v) is 7.51. The summed E-state index contributed by atoms with van der Waals surface area (Å²) in [4.78, 5) is 24.3. The highest BCUT2D eigenvalue weighted by Crippen LogP contribution is 2.34. The molecule has 0 atom stereocenters. The van der Waals surface area contributed by atoms with Crippen LogP contribution in [0.15, 0.2) is 49.1 Å². The lowest BCUT2D eigenvalue weighted by Gasteiger charge is -2.28. The van der Waals surface area contributed by atoms with Gasteiger partial charge < -0.3 is 14.8 Å². The van der Waals surface area contributed by atoms with E-state index in [0.29, 0.717) is 17.5 Å². The molecular weight excluding hydrogens is 366 g/mol.